The first-order chi connectivity index (χ1) is 18.5. The van der Waals surface area contributed by atoms with E-state index in [0.29, 0.717) is 26.2 Å². The van der Waals surface area contributed by atoms with Crippen LogP contribution in [0.15, 0.2) is 0 Å². The molecular weight excluding hydrogens is 552 g/mol. The zero-order chi connectivity index (χ0) is 31.3. The number of nitrogens with zero attached hydrogens (tertiary/aromatic N) is 2. The Morgan fingerprint density at radius 2 is 0.850 bits per heavy atom. The average molecular weight is 603 g/mol. The molecule has 230 valence electrons. The predicted octanol–water partition coefficient (Wildman–Crippen LogP) is 3.37. The van der Waals surface area contributed by atoms with Crippen molar-refractivity contribution in [2.45, 2.75) is 116 Å². The van der Waals surface area contributed by atoms with Crippen molar-refractivity contribution in [1.82, 2.24) is 20.4 Å². The monoisotopic (exact) mass is 602 g/mol. The first-order valence-corrected chi connectivity index (χ1v) is 15.8. The number of carbonyl (C=O) groups excluding carboxylic acids is 6. The Balaban J connectivity index is 5.55. The molecule has 10 nitrogen and oxygen atoms in total. The summed E-state index contributed by atoms with van der Waals surface area (Å²) in [5.74, 6) is -1.10. The van der Waals surface area contributed by atoms with E-state index >= 15 is 0 Å². The second kappa shape index (κ2) is 17.7. The highest BCUT2D eigenvalue weighted by atomic mass is 32.2. The van der Waals surface area contributed by atoms with Gasteiger partial charge in [0.25, 0.3) is 0 Å². The van der Waals surface area contributed by atoms with Gasteiger partial charge in [0.2, 0.25) is 23.6 Å². The van der Waals surface area contributed by atoms with Crippen LogP contribution in [0.1, 0.15) is 94.9 Å². The van der Waals surface area contributed by atoms with E-state index in [-0.39, 0.29) is 59.5 Å². The Morgan fingerprint density at radius 3 is 1.07 bits per heavy atom. The minimum atomic E-state index is -0.956. The van der Waals surface area contributed by atoms with Gasteiger partial charge in [-0.25, -0.2) is 0 Å². The van der Waals surface area contributed by atoms with E-state index in [1.165, 1.54) is 0 Å². The van der Waals surface area contributed by atoms with Crippen molar-refractivity contribution in [3.05, 3.63) is 0 Å². The van der Waals surface area contributed by atoms with Gasteiger partial charge in [0.15, 0.2) is 10.2 Å². The topological polar surface area (TPSA) is 133 Å². The van der Waals surface area contributed by atoms with Crippen LogP contribution in [0, 0.1) is 0 Å². The lowest BCUT2D eigenvalue weighted by atomic mass is 10.0. The van der Waals surface area contributed by atoms with Crippen LogP contribution in [-0.4, -0.2) is 91.4 Å². The van der Waals surface area contributed by atoms with Crippen molar-refractivity contribution in [3.8, 4) is 0 Å². The van der Waals surface area contributed by atoms with Gasteiger partial charge in [-0.1, -0.05) is 37.4 Å². The summed E-state index contributed by atoms with van der Waals surface area (Å²) in [5.41, 5.74) is 0. The summed E-state index contributed by atoms with van der Waals surface area (Å²) in [4.78, 5) is 79.9. The molecule has 0 bridgehead atoms. The largest absolute Gasteiger partial charge is 0.343 e. The molecule has 0 aromatic carbocycles. The SMILES string of the molecule is CCC(=O)NC(C(=O)N(CC)CC)C(C)(C)SC(=O)CCC(=O)SC(C)(C)C(NC(=O)CC)C(=O)N(CC)CC. The van der Waals surface area contributed by atoms with E-state index in [1.807, 2.05) is 27.7 Å². The summed E-state index contributed by atoms with van der Waals surface area (Å²) in [5, 5.41) is 4.98. The van der Waals surface area contributed by atoms with Crippen molar-refractivity contribution in [2.75, 3.05) is 26.2 Å². The summed E-state index contributed by atoms with van der Waals surface area (Å²) in [6.07, 6.45) is 0.267. The normalized spacial score (nSPS) is 13.2. The van der Waals surface area contributed by atoms with Gasteiger partial charge in [-0.15, -0.1) is 0 Å². The minimum Gasteiger partial charge on any atom is -0.343 e. The van der Waals surface area contributed by atoms with E-state index in [9.17, 15) is 28.8 Å². The molecule has 0 heterocycles. The average Bonchev–Trinajstić information content (AvgIpc) is 2.89. The Kier molecular flexibility index (Phi) is 16.8. The predicted molar refractivity (Wildman–Crippen MR) is 163 cm³/mol. The number of hydrogen-bond acceptors (Lipinski definition) is 8. The Labute approximate surface area is 248 Å². The Morgan fingerprint density at radius 1 is 0.575 bits per heavy atom. The summed E-state index contributed by atoms with van der Waals surface area (Å²) >= 11 is 1.88. The molecule has 2 unspecified atom stereocenters. The maximum atomic E-state index is 13.2. The lowest BCUT2D eigenvalue weighted by Gasteiger charge is -2.36. The standard InChI is InChI=1S/C28H50N4O6S2/c1-11-19(33)29-23(25(37)31(13-3)14-4)27(7,8)39-21(35)17-18-22(36)40-28(9,10)24(30-20(34)12-2)26(38)32(15-5)16-6/h23-24H,11-18H2,1-10H3,(H,29,33)(H,30,34). The van der Waals surface area contributed by atoms with Gasteiger partial charge >= 0.3 is 0 Å². The van der Waals surface area contributed by atoms with Crippen molar-refractivity contribution < 1.29 is 28.8 Å². The molecule has 0 aromatic heterocycles. The molecule has 0 spiro atoms. The van der Waals surface area contributed by atoms with Gasteiger partial charge in [-0.3, -0.25) is 28.8 Å². The molecule has 12 heteroatoms. The highest BCUT2D eigenvalue weighted by molar-refractivity contribution is 8.15. The van der Waals surface area contributed by atoms with Crippen molar-refractivity contribution in [2.24, 2.45) is 0 Å². The van der Waals surface area contributed by atoms with E-state index in [4.69, 9.17) is 0 Å². The molecule has 40 heavy (non-hydrogen) atoms. The van der Waals surface area contributed by atoms with Gasteiger partial charge in [0.1, 0.15) is 12.1 Å². The molecule has 0 aliphatic heterocycles. The zero-order valence-electron chi connectivity index (χ0n) is 26.0. The van der Waals surface area contributed by atoms with E-state index < -0.39 is 21.6 Å². The molecule has 0 saturated carbocycles. The number of nitrogens with one attached hydrogen (secondary N) is 2. The molecule has 0 aliphatic rings. The molecule has 0 aliphatic carbocycles. The maximum absolute atomic E-state index is 13.2. The van der Waals surface area contributed by atoms with Gasteiger partial charge in [-0.2, -0.15) is 0 Å². The zero-order valence-corrected chi connectivity index (χ0v) is 27.6. The molecule has 0 saturated heterocycles. The van der Waals surface area contributed by atoms with E-state index in [2.05, 4.69) is 10.6 Å². The lowest BCUT2D eigenvalue weighted by Crippen LogP contribution is -2.57. The fourth-order valence-electron chi connectivity index (χ4n) is 4.04. The van der Waals surface area contributed by atoms with Crippen LogP contribution in [0.3, 0.4) is 0 Å². The van der Waals surface area contributed by atoms with Crippen LogP contribution in [0.5, 0.6) is 0 Å². The van der Waals surface area contributed by atoms with Crippen LogP contribution in [0.4, 0.5) is 0 Å². The van der Waals surface area contributed by atoms with E-state index in [1.54, 1.807) is 51.3 Å². The van der Waals surface area contributed by atoms with Crippen molar-refractivity contribution in [3.63, 3.8) is 0 Å². The number of amides is 4. The molecule has 0 aromatic rings. The van der Waals surface area contributed by atoms with E-state index in [0.717, 1.165) is 23.5 Å². The molecular formula is C28H50N4O6S2. The minimum absolute atomic E-state index is 0.0696. The second-order valence-electron chi connectivity index (χ2n) is 10.4. The first kappa shape index (κ1) is 37.9. The van der Waals surface area contributed by atoms with Crippen molar-refractivity contribution in [1.29, 1.82) is 0 Å². The number of rotatable bonds is 17. The molecule has 0 fully saturated rings. The number of hydrogen-bond donors (Lipinski definition) is 2. The fourth-order valence-corrected chi connectivity index (χ4v) is 6.18. The lowest BCUT2D eigenvalue weighted by molar-refractivity contribution is -0.137. The summed E-state index contributed by atoms with van der Waals surface area (Å²) in [7, 11) is 0. The van der Waals surface area contributed by atoms with Gasteiger partial charge in [0.05, 0.1) is 0 Å². The third-order valence-corrected chi connectivity index (χ3v) is 8.96. The fraction of sp³-hybridized carbons (Fsp3) is 0.786. The van der Waals surface area contributed by atoms with Crippen LogP contribution < -0.4 is 10.6 Å². The number of carbonyl (C=O) groups is 6. The highest BCUT2D eigenvalue weighted by Gasteiger charge is 2.42. The van der Waals surface area contributed by atoms with Gasteiger partial charge in [0, 0.05) is 61.4 Å². The Bertz CT molecular complexity index is 829. The van der Waals surface area contributed by atoms with Crippen molar-refractivity contribution >= 4 is 57.4 Å². The quantitative estimate of drug-likeness (QED) is 0.259. The Hall–Kier alpha value is -2.08. The van der Waals surface area contributed by atoms with Gasteiger partial charge < -0.3 is 20.4 Å². The summed E-state index contributed by atoms with van der Waals surface area (Å²) in [6.45, 7) is 19.6. The van der Waals surface area contributed by atoms with Crippen LogP contribution in [-0.2, 0) is 28.8 Å². The second-order valence-corrected chi connectivity index (χ2v) is 13.8. The van der Waals surface area contributed by atoms with Crippen LogP contribution >= 0.6 is 23.5 Å². The smallest absolute Gasteiger partial charge is 0.246 e. The summed E-state index contributed by atoms with van der Waals surface area (Å²) < 4.78 is -1.91. The van der Waals surface area contributed by atoms with Gasteiger partial charge in [-0.05, 0) is 55.4 Å². The third-order valence-electron chi connectivity index (χ3n) is 6.57. The molecule has 0 radical (unpaired) electrons. The molecule has 2 atom stereocenters. The number of thioether (sulfide) groups is 2. The van der Waals surface area contributed by atoms with Crippen LogP contribution in [0.25, 0.3) is 0 Å². The third kappa shape index (κ3) is 11.8. The highest BCUT2D eigenvalue weighted by Crippen LogP contribution is 2.34. The first-order valence-electron chi connectivity index (χ1n) is 14.1. The number of likely N-dealkylation sites (N-methyl/N-ethyl adjacent to an activating group) is 2. The van der Waals surface area contributed by atoms with Crippen LogP contribution in [0.2, 0.25) is 0 Å². The molecule has 2 N–H and O–H groups in total. The maximum Gasteiger partial charge on any atom is 0.246 e. The molecule has 0 rings (SSSR count). The summed E-state index contributed by atoms with van der Waals surface area (Å²) in [6, 6.07) is -1.82. The molecule has 4 amide bonds.